The molecule has 2 heterocycles. The van der Waals surface area contributed by atoms with Crippen molar-refractivity contribution in [2.45, 2.75) is 45.1 Å². The highest BCUT2D eigenvalue weighted by molar-refractivity contribution is 7.87. The summed E-state index contributed by atoms with van der Waals surface area (Å²) >= 11 is 12.4. The number of fused-ring (bicyclic) bond motifs is 1. The number of imide groups is 1. The smallest absolute Gasteiger partial charge is 0.416 e. The molecule has 264 valence electrons. The number of anilines is 2. The minimum atomic E-state index is -3.68. The first kappa shape index (κ1) is 38.3. The topological polar surface area (TPSA) is 136 Å². The number of carbonyl (C=O) groups excluding carboxylic acids is 2. The number of rotatable bonds is 15. The highest BCUT2D eigenvalue weighted by Gasteiger charge is 2.31. The van der Waals surface area contributed by atoms with Crippen molar-refractivity contribution in [3.05, 3.63) is 70.8 Å². The van der Waals surface area contributed by atoms with Gasteiger partial charge in [0.2, 0.25) is 6.41 Å². The van der Waals surface area contributed by atoms with Gasteiger partial charge in [-0.25, -0.2) is 13.9 Å². The second-order valence-electron chi connectivity index (χ2n) is 11.7. The van der Waals surface area contributed by atoms with Crippen molar-refractivity contribution in [3.63, 3.8) is 0 Å². The number of carbonyl (C=O) groups is 2. The summed E-state index contributed by atoms with van der Waals surface area (Å²) in [7, 11) is -3.80. The van der Waals surface area contributed by atoms with E-state index in [0.29, 0.717) is 45.2 Å². The van der Waals surface area contributed by atoms with Crippen LogP contribution in [0.2, 0.25) is 10.0 Å². The first-order valence-electron chi connectivity index (χ1n) is 15.3. The van der Waals surface area contributed by atoms with Crippen molar-refractivity contribution >= 4 is 76.7 Å². The lowest BCUT2D eigenvalue weighted by molar-refractivity contribution is -0.117. The largest absolute Gasteiger partial charge is 0.443 e. The van der Waals surface area contributed by atoms with Crippen molar-refractivity contribution in [3.8, 4) is 5.82 Å². The number of hydrogen-bond donors (Lipinski definition) is 0. The Bertz CT molecular complexity index is 1820. The third-order valence-corrected chi connectivity index (χ3v) is 10.8. The molecule has 0 aliphatic carbocycles. The molecule has 4 aromatic rings. The Balaban J connectivity index is 1.58. The van der Waals surface area contributed by atoms with Crippen LogP contribution in [-0.2, 0) is 34.1 Å². The van der Waals surface area contributed by atoms with Crippen LogP contribution in [0.25, 0.3) is 16.7 Å². The van der Waals surface area contributed by atoms with E-state index in [1.54, 1.807) is 64.8 Å². The Morgan fingerprint density at radius 2 is 1.65 bits per heavy atom. The maximum Gasteiger partial charge on any atom is 0.416 e. The van der Waals surface area contributed by atoms with E-state index in [1.807, 2.05) is 29.0 Å². The molecule has 0 saturated carbocycles. The van der Waals surface area contributed by atoms with Gasteiger partial charge >= 0.3 is 13.7 Å². The zero-order chi connectivity index (χ0) is 35.9. The number of amides is 2. The lowest BCUT2D eigenvalue weighted by Gasteiger charge is -2.27. The molecule has 0 aliphatic rings. The van der Waals surface area contributed by atoms with Gasteiger partial charge in [0.15, 0.2) is 22.6 Å². The van der Waals surface area contributed by atoms with Gasteiger partial charge in [0.05, 0.1) is 29.3 Å². The van der Waals surface area contributed by atoms with Crippen LogP contribution in [-0.4, -0.2) is 81.6 Å². The molecule has 0 radical (unpaired) electrons. The van der Waals surface area contributed by atoms with E-state index in [9.17, 15) is 18.4 Å². The van der Waals surface area contributed by atoms with Crippen molar-refractivity contribution in [1.82, 2.24) is 19.7 Å². The lowest BCUT2D eigenvalue weighted by Crippen LogP contribution is -2.40. The van der Waals surface area contributed by atoms with Gasteiger partial charge in [-0.3, -0.25) is 18.2 Å². The third kappa shape index (κ3) is 10.0. The number of hydrogen-bond acceptors (Lipinski definition) is 10. The van der Waals surface area contributed by atoms with Crippen LogP contribution in [0.15, 0.2) is 65.7 Å². The first-order valence-corrected chi connectivity index (χ1v) is 18.9. The predicted octanol–water partition coefficient (Wildman–Crippen LogP) is 7.31. The summed E-state index contributed by atoms with van der Waals surface area (Å²) in [5.74, 6) is 1.07. The summed E-state index contributed by atoms with van der Waals surface area (Å²) in [6.07, 6.45) is 1.26. The van der Waals surface area contributed by atoms with E-state index in [1.165, 1.54) is 22.5 Å². The first-order chi connectivity index (χ1) is 23.2. The number of ether oxygens (including phenoxy) is 1. The average molecular weight is 754 g/mol. The van der Waals surface area contributed by atoms with Crippen molar-refractivity contribution in [1.29, 1.82) is 0 Å². The minimum absolute atomic E-state index is 0.0969. The number of likely N-dealkylation sites (N-methyl/N-ethyl adjacent to an activating group) is 1. The quantitative estimate of drug-likeness (QED) is 0.0898. The highest BCUT2D eigenvalue weighted by atomic mass is 35.5. The monoisotopic (exact) mass is 752 g/mol. The summed E-state index contributed by atoms with van der Waals surface area (Å²) in [4.78, 5) is 26.8. The molecule has 0 bridgehead atoms. The zero-order valence-corrected chi connectivity index (χ0v) is 31.3. The Labute approximate surface area is 298 Å². The Morgan fingerprint density at radius 1 is 0.980 bits per heavy atom. The van der Waals surface area contributed by atoms with E-state index in [-0.39, 0.29) is 26.0 Å². The van der Waals surface area contributed by atoms with Crippen molar-refractivity contribution in [2.75, 3.05) is 48.8 Å². The molecule has 0 saturated heterocycles. The fourth-order valence-corrected chi connectivity index (χ4v) is 8.69. The summed E-state index contributed by atoms with van der Waals surface area (Å²) in [6, 6.07) is 15.5. The molecule has 2 amide bonds. The Morgan fingerprint density at radius 3 is 2.22 bits per heavy atom. The molecule has 2 aromatic carbocycles. The van der Waals surface area contributed by atoms with Crippen LogP contribution in [0.4, 0.5) is 16.3 Å². The Hall–Kier alpha value is -3.52. The lowest BCUT2D eigenvalue weighted by atomic mass is 10.2. The fourth-order valence-electron chi connectivity index (χ4n) is 4.67. The van der Waals surface area contributed by atoms with Crippen molar-refractivity contribution in [2.24, 2.45) is 0 Å². The molecule has 4 rings (SSSR count). The standard InChI is InChI=1S/C32H39Cl2N6O7PS/c1-7-45-48(43,46-8-2)22-40(49(44)27-19-24(33)18-25(34)20-27)26-9-10-28-23(17-26)13-14-39(28)30-12-11-29(35-36-30)37(6)15-16-38(21-41)31(42)47-32(3,4)5/h9-14,17-21H,7-8,15-16,22H2,1-6H3. The van der Waals surface area contributed by atoms with Gasteiger partial charge in [0.25, 0.3) is 0 Å². The SMILES string of the molecule is CCOP(=O)(CN(c1ccc2c(ccn2-c2ccc(N(C)CCN(C=O)C(=O)OC(C)(C)C)nn2)c1)S(=O)c1cc(Cl)cc(Cl)c1)OCC. The van der Waals surface area contributed by atoms with E-state index < -0.39 is 30.3 Å². The van der Waals surface area contributed by atoms with Crippen LogP contribution in [0.1, 0.15) is 34.6 Å². The van der Waals surface area contributed by atoms with Gasteiger partial charge in [0, 0.05) is 41.8 Å². The summed E-state index contributed by atoms with van der Waals surface area (Å²) in [5.41, 5.74) is 0.558. The number of nitrogens with zero attached hydrogens (tertiary/aromatic N) is 6. The van der Waals surface area contributed by atoms with Gasteiger partial charge in [-0.15, -0.1) is 10.2 Å². The van der Waals surface area contributed by atoms with E-state index in [4.69, 9.17) is 37.0 Å². The second-order valence-corrected chi connectivity index (χ2v) is 16.0. The van der Waals surface area contributed by atoms with Gasteiger partial charge in [-0.2, -0.15) is 0 Å². The van der Waals surface area contributed by atoms with Gasteiger partial charge in [0.1, 0.15) is 11.9 Å². The van der Waals surface area contributed by atoms with Crippen LogP contribution in [0.5, 0.6) is 0 Å². The molecule has 0 fully saturated rings. The summed E-state index contributed by atoms with van der Waals surface area (Å²) in [5, 5.41) is 10.1. The maximum atomic E-state index is 14.0. The molecule has 49 heavy (non-hydrogen) atoms. The van der Waals surface area contributed by atoms with Crippen LogP contribution < -0.4 is 9.21 Å². The van der Waals surface area contributed by atoms with E-state index >= 15 is 0 Å². The van der Waals surface area contributed by atoms with Gasteiger partial charge in [-0.05, 0) is 89.2 Å². The number of benzene rings is 2. The molecule has 0 aliphatic heterocycles. The van der Waals surface area contributed by atoms with Gasteiger partial charge in [-0.1, -0.05) is 23.2 Å². The molecular weight excluding hydrogens is 714 g/mol. The predicted molar refractivity (Wildman–Crippen MR) is 192 cm³/mol. The fraction of sp³-hybridized carbons (Fsp3) is 0.375. The highest BCUT2D eigenvalue weighted by Crippen LogP contribution is 2.50. The number of aromatic nitrogens is 3. The molecule has 0 N–H and O–H groups in total. The number of halogens is 2. The summed E-state index contributed by atoms with van der Waals surface area (Å²) < 4.78 is 47.3. The third-order valence-electron chi connectivity index (χ3n) is 6.86. The minimum Gasteiger partial charge on any atom is -0.443 e. The Kier molecular flexibility index (Phi) is 12.9. The molecule has 1 unspecified atom stereocenters. The average Bonchev–Trinajstić information content (AvgIpc) is 3.46. The van der Waals surface area contributed by atoms with Crippen LogP contribution in [0, 0.1) is 0 Å². The van der Waals surface area contributed by atoms with E-state index in [0.717, 1.165) is 15.8 Å². The molecule has 2 aromatic heterocycles. The van der Waals surface area contributed by atoms with Gasteiger partial charge < -0.3 is 18.7 Å². The molecule has 13 nitrogen and oxygen atoms in total. The molecular formula is C32H39Cl2N6O7PS. The normalized spacial score (nSPS) is 12.5. The summed E-state index contributed by atoms with van der Waals surface area (Å²) in [6.45, 7) is 9.28. The molecule has 17 heteroatoms. The van der Waals surface area contributed by atoms with Crippen molar-refractivity contribution < 1.29 is 32.1 Å². The molecule has 0 spiro atoms. The zero-order valence-electron chi connectivity index (χ0n) is 28.0. The van der Waals surface area contributed by atoms with Crippen LogP contribution >= 0.6 is 30.8 Å². The van der Waals surface area contributed by atoms with Crippen LogP contribution in [0.3, 0.4) is 0 Å². The molecule has 1 atom stereocenters. The van der Waals surface area contributed by atoms with E-state index in [2.05, 4.69) is 10.2 Å². The maximum absolute atomic E-state index is 14.0. The second kappa shape index (κ2) is 16.5.